The first-order valence-corrected chi connectivity index (χ1v) is 9.39. The van der Waals surface area contributed by atoms with Gasteiger partial charge in [-0.25, -0.2) is 13.4 Å². The number of H-pyrrole nitrogens is 1. The molecule has 1 aromatic carbocycles. The lowest BCUT2D eigenvalue weighted by Gasteiger charge is -2.36. The number of sulfone groups is 1. The molecular formula is C15H19F2N5O2S. The Bertz CT molecular complexity index is 832. The standard InChI is InChI=1S/C15H19F2N5O2S/c1-11-18-14(20-19-11)10-21-6-8-22(9-7-21)12-4-2-3-5-13(12)25(23,24)15(16)17/h2-5,15H,6-10H2,1H3,(H,18,19,20). The summed E-state index contributed by atoms with van der Waals surface area (Å²) in [5.41, 5.74) is 0.330. The molecule has 2 heterocycles. The predicted molar refractivity (Wildman–Crippen MR) is 88.2 cm³/mol. The van der Waals surface area contributed by atoms with E-state index in [1.165, 1.54) is 12.1 Å². The number of nitrogens with one attached hydrogen (secondary N) is 1. The van der Waals surface area contributed by atoms with Crippen LogP contribution in [0.2, 0.25) is 0 Å². The summed E-state index contributed by atoms with van der Waals surface area (Å²) in [4.78, 5) is 7.92. The fourth-order valence-corrected chi connectivity index (χ4v) is 3.81. The normalized spacial score (nSPS) is 16.6. The molecule has 136 valence electrons. The summed E-state index contributed by atoms with van der Waals surface area (Å²) in [6.07, 6.45) is 0. The minimum absolute atomic E-state index is 0.317. The van der Waals surface area contributed by atoms with Crippen LogP contribution in [-0.4, -0.2) is 60.4 Å². The van der Waals surface area contributed by atoms with Crippen LogP contribution in [0.15, 0.2) is 29.2 Å². The highest BCUT2D eigenvalue weighted by Crippen LogP contribution is 2.29. The number of hydrogen-bond donors (Lipinski definition) is 1. The summed E-state index contributed by atoms with van der Waals surface area (Å²) < 4.78 is 49.6. The predicted octanol–water partition coefficient (Wildman–Crippen LogP) is 1.43. The maximum absolute atomic E-state index is 12.9. The van der Waals surface area contributed by atoms with E-state index in [-0.39, 0.29) is 4.90 Å². The average Bonchev–Trinajstić information content (AvgIpc) is 3.00. The Hall–Kier alpha value is -2.07. The van der Waals surface area contributed by atoms with E-state index in [9.17, 15) is 17.2 Å². The van der Waals surface area contributed by atoms with Gasteiger partial charge in [-0.2, -0.15) is 13.9 Å². The summed E-state index contributed by atoms with van der Waals surface area (Å²) in [6, 6.07) is 5.92. The lowest BCUT2D eigenvalue weighted by Crippen LogP contribution is -2.46. The van der Waals surface area contributed by atoms with Crippen molar-refractivity contribution < 1.29 is 17.2 Å². The van der Waals surface area contributed by atoms with E-state index in [1.54, 1.807) is 12.1 Å². The third-order valence-corrected chi connectivity index (χ3v) is 5.56. The van der Waals surface area contributed by atoms with Gasteiger partial charge < -0.3 is 4.90 Å². The van der Waals surface area contributed by atoms with Crippen molar-refractivity contribution in [2.75, 3.05) is 31.1 Å². The number of nitrogens with zero attached hydrogens (tertiary/aromatic N) is 4. The monoisotopic (exact) mass is 371 g/mol. The summed E-state index contributed by atoms with van der Waals surface area (Å²) in [5, 5.41) is 6.89. The van der Waals surface area contributed by atoms with Gasteiger partial charge in [0.25, 0.3) is 0 Å². The van der Waals surface area contributed by atoms with Gasteiger partial charge in [0.15, 0.2) is 5.82 Å². The maximum Gasteiger partial charge on any atom is 0.341 e. The minimum atomic E-state index is -4.63. The zero-order valence-corrected chi connectivity index (χ0v) is 14.5. The van der Waals surface area contributed by atoms with Crippen molar-refractivity contribution in [3.05, 3.63) is 35.9 Å². The third-order valence-electron chi connectivity index (χ3n) is 4.13. The van der Waals surface area contributed by atoms with Gasteiger partial charge in [0.1, 0.15) is 5.82 Å². The topological polar surface area (TPSA) is 82.2 Å². The molecule has 0 aliphatic carbocycles. The number of aromatic amines is 1. The van der Waals surface area contributed by atoms with Crippen molar-refractivity contribution in [3.8, 4) is 0 Å². The van der Waals surface area contributed by atoms with Gasteiger partial charge in [0.05, 0.1) is 17.1 Å². The molecule has 0 saturated carbocycles. The molecule has 0 spiro atoms. The van der Waals surface area contributed by atoms with E-state index in [1.807, 2.05) is 11.8 Å². The Morgan fingerprint density at radius 3 is 2.48 bits per heavy atom. The number of hydrogen-bond acceptors (Lipinski definition) is 6. The summed E-state index contributed by atoms with van der Waals surface area (Å²) in [6.45, 7) is 4.83. The lowest BCUT2D eigenvalue weighted by atomic mass is 10.2. The molecule has 7 nitrogen and oxygen atoms in total. The summed E-state index contributed by atoms with van der Waals surface area (Å²) in [5.74, 6) is -1.98. The molecule has 2 aromatic rings. The number of aryl methyl sites for hydroxylation is 1. The summed E-state index contributed by atoms with van der Waals surface area (Å²) in [7, 11) is -4.63. The van der Waals surface area contributed by atoms with Crippen LogP contribution < -0.4 is 4.90 Å². The van der Waals surface area contributed by atoms with Crippen molar-refractivity contribution >= 4 is 15.5 Å². The SMILES string of the molecule is Cc1nc(CN2CCN(c3ccccc3S(=O)(=O)C(F)F)CC2)n[nH]1. The fraction of sp³-hybridized carbons (Fsp3) is 0.467. The second-order valence-electron chi connectivity index (χ2n) is 5.87. The molecule has 1 aliphatic heterocycles. The number of aromatic nitrogens is 3. The fourth-order valence-electron chi connectivity index (χ4n) is 2.86. The Morgan fingerprint density at radius 2 is 1.88 bits per heavy atom. The molecule has 0 radical (unpaired) electrons. The van der Waals surface area contributed by atoms with Gasteiger partial charge in [-0.05, 0) is 19.1 Å². The number of anilines is 1. The van der Waals surface area contributed by atoms with Crippen LogP contribution in [0, 0.1) is 6.92 Å². The Morgan fingerprint density at radius 1 is 1.20 bits per heavy atom. The molecule has 0 amide bonds. The van der Waals surface area contributed by atoms with Crippen molar-refractivity contribution in [2.45, 2.75) is 24.1 Å². The van der Waals surface area contributed by atoms with E-state index in [0.29, 0.717) is 44.2 Å². The van der Waals surface area contributed by atoms with E-state index in [2.05, 4.69) is 20.1 Å². The molecule has 1 N–H and O–H groups in total. The smallest absolute Gasteiger partial charge is 0.341 e. The van der Waals surface area contributed by atoms with Crippen LogP contribution in [-0.2, 0) is 16.4 Å². The third kappa shape index (κ3) is 3.79. The van der Waals surface area contributed by atoms with Crippen molar-refractivity contribution in [2.24, 2.45) is 0 Å². The Kier molecular flexibility index (Phi) is 5.00. The number of rotatable bonds is 5. The molecule has 25 heavy (non-hydrogen) atoms. The van der Waals surface area contributed by atoms with Gasteiger partial charge in [-0.1, -0.05) is 12.1 Å². The highest BCUT2D eigenvalue weighted by Gasteiger charge is 2.31. The number of para-hydroxylation sites is 1. The molecule has 1 aliphatic rings. The first-order chi connectivity index (χ1) is 11.9. The second-order valence-corrected chi connectivity index (χ2v) is 7.76. The van der Waals surface area contributed by atoms with Crippen LogP contribution in [0.3, 0.4) is 0 Å². The highest BCUT2D eigenvalue weighted by atomic mass is 32.2. The molecule has 1 fully saturated rings. The molecule has 0 bridgehead atoms. The molecular weight excluding hydrogens is 352 g/mol. The molecule has 0 atom stereocenters. The van der Waals surface area contributed by atoms with Crippen LogP contribution >= 0.6 is 0 Å². The molecule has 10 heteroatoms. The van der Waals surface area contributed by atoms with Gasteiger partial charge in [0, 0.05) is 26.2 Å². The Labute approximate surface area is 144 Å². The van der Waals surface area contributed by atoms with E-state index in [4.69, 9.17) is 0 Å². The number of halogens is 2. The number of piperazine rings is 1. The maximum atomic E-state index is 12.9. The van der Waals surface area contributed by atoms with Crippen LogP contribution in [0.25, 0.3) is 0 Å². The van der Waals surface area contributed by atoms with E-state index in [0.717, 1.165) is 5.82 Å². The molecule has 3 rings (SSSR count). The first-order valence-electron chi connectivity index (χ1n) is 7.84. The quantitative estimate of drug-likeness (QED) is 0.856. The van der Waals surface area contributed by atoms with Crippen LogP contribution in [0.1, 0.15) is 11.6 Å². The lowest BCUT2D eigenvalue weighted by molar-refractivity contribution is 0.234. The Balaban J connectivity index is 1.71. The van der Waals surface area contributed by atoms with Crippen LogP contribution in [0.5, 0.6) is 0 Å². The van der Waals surface area contributed by atoms with Gasteiger partial charge in [-0.15, -0.1) is 0 Å². The van der Waals surface area contributed by atoms with Gasteiger partial charge >= 0.3 is 5.76 Å². The molecule has 0 unspecified atom stereocenters. The zero-order valence-electron chi connectivity index (χ0n) is 13.7. The van der Waals surface area contributed by atoms with Gasteiger partial charge in [0.2, 0.25) is 9.84 Å². The molecule has 1 saturated heterocycles. The largest absolute Gasteiger partial charge is 0.368 e. The van der Waals surface area contributed by atoms with Crippen molar-refractivity contribution in [3.63, 3.8) is 0 Å². The zero-order chi connectivity index (χ0) is 18.0. The number of benzene rings is 1. The van der Waals surface area contributed by atoms with Crippen LogP contribution in [0.4, 0.5) is 14.5 Å². The highest BCUT2D eigenvalue weighted by molar-refractivity contribution is 7.91. The van der Waals surface area contributed by atoms with Crippen molar-refractivity contribution in [1.29, 1.82) is 0 Å². The molecule has 1 aromatic heterocycles. The van der Waals surface area contributed by atoms with Gasteiger partial charge in [-0.3, -0.25) is 10.00 Å². The number of alkyl halides is 2. The van der Waals surface area contributed by atoms with E-state index >= 15 is 0 Å². The van der Waals surface area contributed by atoms with Crippen molar-refractivity contribution in [1.82, 2.24) is 20.1 Å². The minimum Gasteiger partial charge on any atom is -0.368 e. The van der Waals surface area contributed by atoms with E-state index < -0.39 is 15.6 Å². The average molecular weight is 371 g/mol. The second kappa shape index (κ2) is 7.04. The summed E-state index contributed by atoms with van der Waals surface area (Å²) >= 11 is 0. The first kappa shape index (κ1) is 17.7.